The lowest BCUT2D eigenvalue weighted by Crippen LogP contribution is -2.42. The molecule has 2 aromatic rings. The molecule has 4 rings (SSSR count). The zero-order chi connectivity index (χ0) is 20.9. The first kappa shape index (κ1) is 20.6. The first-order chi connectivity index (χ1) is 14.7. The predicted octanol–water partition coefficient (Wildman–Crippen LogP) is 2.90. The molecule has 2 aliphatic rings. The van der Waals surface area contributed by atoms with Crippen LogP contribution in [0.1, 0.15) is 48.6 Å². The number of likely N-dealkylation sites (tertiary alicyclic amines) is 1. The van der Waals surface area contributed by atoms with Crippen molar-refractivity contribution in [3.63, 3.8) is 0 Å². The van der Waals surface area contributed by atoms with Gasteiger partial charge >= 0.3 is 5.97 Å². The van der Waals surface area contributed by atoms with Gasteiger partial charge in [-0.1, -0.05) is 49.1 Å². The van der Waals surface area contributed by atoms with Crippen LogP contribution in [0.2, 0.25) is 6.32 Å². The molecule has 0 N–H and O–H groups in total. The van der Waals surface area contributed by atoms with Crippen LogP contribution in [0.15, 0.2) is 48.7 Å². The van der Waals surface area contributed by atoms with Crippen molar-refractivity contribution in [3.8, 4) is 0 Å². The quantitative estimate of drug-likeness (QED) is 0.405. The fourth-order valence-corrected chi connectivity index (χ4v) is 5.11. The summed E-state index contributed by atoms with van der Waals surface area (Å²) in [5.41, 5.74) is 3.53. The third kappa shape index (κ3) is 4.42. The second-order valence-corrected chi connectivity index (χ2v) is 8.27. The Morgan fingerprint density at radius 3 is 2.73 bits per heavy atom. The topological polar surface area (TPSA) is 59.5 Å². The van der Waals surface area contributed by atoms with Crippen LogP contribution in [0.25, 0.3) is 0 Å². The van der Waals surface area contributed by atoms with Gasteiger partial charge in [-0.2, -0.15) is 0 Å². The van der Waals surface area contributed by atoms with Crippen LogP contribution < -0.4 is 5.59 Å². The molecule has 1 aromatic heterocycles. The Labute approximate surface area is 179 Å². The molecule has 30 heavy (non-hydrogen) atoms. The maximum Gasteiger partial charge on any atom is 0.306 e. The van der Waals surface area contributed by atoms with E-state index >= 15 is 0 Å². The minimum absolute atomic E-state index is 0.155. The summed E-state index contributed by atoms with van der Waals surface area (Å²) < 4.78 is 4.94. The van der Waals surface area contributed by atoms with E-state index < -0.39 is 0 Å². The fourth-order valence-electron chi connectivity index (χ4n) is 5.11. The van der Waals surface area contributed by atoms with E-state index in [1.807, 2.05) is 29.2 Å². The van der Waals surface area contributed by atoms with Crippen LogP contribution in [-0.2, 0) is 14.3 Å². The molecule has 1 aliphatic carbocycles. The van der Waals surface area contributed by atoms with E-state index in [4.69, 9.17) is 4.74 Å². The summed E-state index contributed by atoms with van der Waals surface area (Å²) in [4.78, 5) is 31.1. The van der Waals surface area contributed by atoms with Crippen LogP contribution in [-0.4, -0.2) is 49.2 Å². The summed E-state index contributed by atoms with van der Waals surface area (Å²) in [6.45, 7) is 1.53. The number of hydrogen-bond acceptors (Lipinski definition) is 4. The van der Waals surface area contributed by atoms with Gasteiger partial charge in [0, 0.05) is 31.6 Å². The Kier molecular flexibility index (Phi) is 6.51. The minimum Gasteiger partial charge on any atom is -0.469 e. The van der Waals surface area contributed by atoms with Crippen molar-refractivity contribution in [1.29, 1.82) is 0 Å². The van der Waals surface area contributed by atoms with Gasteiger partial charge in [-0.25, -0.2) is 0 Å². The molecule has 1 saturated heterocycles. The Hall–Kier alpha value is -2.63. The predicted molar refractivity (Wildman–Crippen MR) is 117 cm³/mol. The van der Waals surface area contributed by atoms with Gasteiger partial charge < -0.3 is 9.64 Å². The maximum absolute atomic E-state index is 12.8. The number of pyridine rings is 1. The lowest BCUT2D eigenvalue weighted by molar-refractivity contribution is -0.142. The molecule has 1 aliphatic heterocycles. The van der Waals surface area contributed by atoms with Crippen LogP contribution in [0.4, 0.5) is 0 Å². The zero-order valence-electron chi connectivity index (χ0n) is 17.5. The molecule has 1 amide bonds. The van der Waals surface area contributed by atoms with Crippen molar-refractivity contribution < 1.29 is 14.3 Å². The molecule has 0 spiro atoms. The van der Waals surface area contributed by atoms with E-state index in [0.29, 0.717) is 24.7 Å². The number of aromatic nitrogens is 1. The third-order valence-corrected chi connectivity index (χ3v) is 6.58. The van der Waals surface area contributed by atoms with Gasteiger partial charge in [0.05, 0.1) is 13.5 Å². The Bertz CT molecular complexity index is 889. The van der Waals surface area contributed by atoms with Gasteiger partial charge in [0.15, 0.2) is 7.28 Å². The van der Waals surface area contributed by atoms with Crippen molar-refractivity contribution in [3.05, 3.63) is 59.8 Å². The second-order valence-electron chi connectivity index (χ2n) is 8.27. The highest BCUT2D eigenvalue weighted by Crippen LogP contribution is 2.51. The number of ether oxygens (including phenoxy) is 1. The van der Waals surface area contributed by atoms with E-state index in [0.717, 1.165) is 37.8 Å². The molecule has 1 aromatic carbocycles. The van der Waals surface area contributed by atoms with Gasteiger partial charge in [-0.3, -0.25) is 14.6 Å². The maximum atomic E-state index is 12.8. The molecule has 3 unspecified atom stereocenters. The molecule has 6 heteroatoms. The van der Waals surface area contributed by atoms with Gasteiger partial charge in [0.1, 0.15) is 0 Å². The number of carbonyl (C=O) groups excluding carboxylic acids is 2. The smallest absolute Gasteiger partial charge is 0.306 e. The van der Waals surface area contributed by atoms with Crippen LogP contribution >= 0.6 is 0 Å². The van der Waals surface area contributed by atoms with E-state index in [1.54, 1.807) is 6.20 Å². The van der Waals surface area contributed by atoms with E-state index in [-0.39, 0.29) is 17.8 Å². The summed E-state index contributed by atoms with van der Waals surface area (Å²) in [6, 6.07) is 14.3. The highest BCUT2D eigenvalue weighted by atomic mass is 16.5. The summed E-state index contributed by atoms with van der Waals surface area (Å²) in [6.07, 6.45) is 5.40. The van der Waals surface area contributed by atoms with Gasteiger partial charge in [0.2, 0.25) is 5.91 Å². The van der Waals surface area contributed by atoms with Crippen molar-refractivity contribution >= 4 is 24.7 Å². The number of esters is 1. The molecule has 155 valence electrons. The highest BCUT2D eigenvalue weighted by molar-refractivity contribution is 6.52. The molecule has 1 fully saturated rings. The second kappa shape index (κ2) is 9.46. The number of benzene rings is 1. The van der Waals surface area contributed by atoms with Gasteiger partial charge in [0.25, 0.3) is 0 Å². The van der Waals surface area contributed by atoms with E-state index in [2.05, 4.69) is 30.5 Å². The first-order valence-electron chi connectivity index (χ1n) is 10.8. The van der Waals surface area contributed by atoms with Crippen molar-refractivity contribution in [2.75, 3.05) is 20.2 Å². The lowest BCUT2D eigenvalue weighted by Gasteiger charge is -2.37. The standard InChI is InChI=1S/C24H28BN2O3/c1-30-24(29)15-20-17-7-2-3-8-18(17)21-16-27(14-11-19(20)21)23(28)10-6-12-25-22-9-4-5-13-26-22/h2-5,7-9,13,19-21H,6,10-12,14-16H2,1H3. The van der Waals surface area contributed by atoms with Crippen molar-refractivity contribution in [1.82, 2.24) is 9.88 Å². The SMILES string of the molecule is COC(=O)CC1c2ccccc2C2CN(C(=O)CCC[B]c3ccccn3)CCC12. The molecule has 0 saturated carbocycles. The molecule has 1 radical (unpaired) electrons. The Balaban J connectivity index is 1.34. The number of nitrogens with zero attached hydrogens (tertiary/aromatic N) is 2. The molecule has 2 heterocycles. The van der Waals surface area contributed by atoms with E-state index in [1.165, 1.54) is 18.2 Å². The van der Waals surface area contributed by atoms with Crippen LogP contribution in [0.3, 0.4) is 0 Å². The average molecular weight is 403 g/mol. The Morgan fingerprint density at radius 1 is 1.17 bits per heavy atom. The number of amides is 1. The lowest BCUT2D eigenvalue weighted by atomic mass is 9.69. The van der Waals surface area contributed by atoms with Crippen molar-refractivity contribution in [2.24, 2.45) is 5.92 Å². The first-order valence-corrected chi connectivity index (χ1v) is 10.8. The largest absolute Gasteiger partial charge is 0.469 e. The number of methoxy groups -OCH3 is 1. The Morgan fingerprint density at radius 2 is 1.97 bits per heavy atom. The molecular formula is C24H28BN2O3. The normalized spacial score (nSPS) is 22.2. The number of fused-ring (bicyclic) bond motifs is 3. The summed E-state index contributed by atoms with van der Waals surface area (Å²) in [5, 5.41) is 0. The van der Waals surface area contributed by atoms with Crippen LogP contribution in [0.5, 0.6) is 0 Å². The third-order valence-electron chi connectivity index (χ3n) is 6.58. The molecular weight excluding hydrogens is 375 g/mol. The monoisotopic (exact) mass is 403 g/mol. The van der Waals surface area contributed by atoms with Gasteiger partial charge in [-0.05, 0) is 41.0 Å². The molecule has 3 atom stereocenters. The summed E-state index contributed by atoms with van der Waals surface area (Å²) in [5.74, 6) is 0.996. The number of carbonyl (C=O) groups is 2. The number of hydrogen-bond donors (Lipinski definition) is 0. The highest BCUT2D eigenvalue weighted by Gasteiger charge is 2.44. The minimum atomic E-state index is -0.155. The summed E-state index contributed by atoms with van der Waals surface area (Å²) in [7, 11) is 3.54. The van der Waals surface area contributed by atoms with Crippen LogP contribution in [0, 0.1) is 5.92 Å². The number of piperidine rings is 1. The average Bonchev–Trinajstić information content (AvgIpc) is 3.10. The number of rotatable bonds is 7. The molecule has 0 bridgehead atoms. The fraction of sp³-hybridized carbons (Fsp3) is 0.458. The van der Waals surface area contributed by atoms with E-state index in [9.17, 15) is 9.59 Å². The summed E-state index contributed by atoms with van der Waals surface area (Å²) >= 11 is 0. The van der Waals surface area contributed by atoms with Crippen molar-refractivity contribution in [2.45, 2.75) is 43.8 Å². The van der Waals surface area contributed by atoms with Gasteiger partial charge in [-0.15, -0.1) is 0 Å². The zero-order valence-corrected chi connectivity index (χ0v) is 17.5. The molecule has 5 nitrogen and oxygen atoms in total.